The zero-order chi connectivity index (χ0) is 21.3. The topological polar surface area (TPSA) is 130 Å². The van der Waals surface area contributed by atoms with E-state index in [1.54, 1.807) is 0 Å². The Morgan fingerprint density at radius 3 is 2.62 bits per heavy atom. The van der Waals surface area contributed by atoms with Gasteiger partial charge in [-0.25, -0.2) is 4.79 Å². The summed E-state index contributed by atoms with van der Waals surface area (Å²) in [7, 11) is 0. The van der Waals surface area contributed by atoms with Crippen LogP contribution >= 0.6 is 0 Å². The lowest BCUT2D eigenvalue weighted by Gasteiger charge is -2.31. The van der Waals surface area contributed by atoms with E-state index < -0.39 is 12.0 Å². The number of rotatable bonds is 5. The summed E-state index contributed by atoms with van der Waals surface area (Å²) in [5.41, 5.74) is 1.03. The molecule has 1 aromatic rings. The number of carbonyl (C=O) groups is 3. The Labute approximate surface area is 168 Å². The molecule has 3 rings (SSSR count). The summed E-state index contributed by atoms with van der Waals surface area (Å²) in [4.78, 5) is 40.3. The number of aromatic nitrogens is 1. The zero-order valence-corrected chi connectivity index (χ0v) is 16.9. The Bertz CT molecular complexity index is 922. The van der Waals surface area contributed by atoms with E-state index in [9.17, 15) is 24.6 Å². The van der Waals surface area contributed by atoms with E-state index in [4.69, 9.17) is 4.52 Å². The average molecular weight is 402 g/mol. The maximum absolute atomic E-state index is 12.7. The van der Waals surface area contributed by atoms with Gasteiger partial charge in [0.05, 0.1) is 22.5 Å². The van der Waals surface area contributed by atoms with Gasteiger partial charge in [-0.05, 0) is 25.2 Å². The molecule has 1 aromatic heterocycles. The van der Waals surface area contributed by atoms with Gasteiger partial charge in [0.2, 0.25) is 0 Å². The van der Waals surface area contributed by atoms with Crippen molar-refractivity contribution in [1.29, 1.82) is 0 Å². The second-order valence-electron chi connectivity index (χ2n) is 8.56. The molecule has 156 valence electrons. The number of aliphatic hydroxyl groups is 1. The van der Waals surface area contributed by atoms with Crippen LogP contribution in [0.15, 0.2) is 20.8 Å². The van der Waals surface area contributed by atoms with Crippen molar-refractivity contribution in [3.63, 3.8) is 0 Å². The number of hydrogen-bond acceptors (Lipinski definition) is 7. The highest BCUT2D eigenvalue weighted by molar-refractivity contribution is 6.25. The quantitative estimate of drug-likeness (QED) is 0.571. The molecule has 1 fully saturated rings. The number of aryl methyl sites for hydroxylation is 2. The standard InChI is InChI=1S/C21H26N2O6/c1-11(20(27)28)22-13-9-21(2,3)10-16(26)18(13)15(25)8-7-12-19-14(24)5-4-6-17(19)29-23-12/h11,25H,4-10H2,1-3H3,(H,27,28). The Morgan fingerprint density at radius 2 is 1.93 bits per heavy atom. The van der Waals surface area contributed by atoms with Crippen LogP contribution < -0.4 is 0 Å². The number of hydrogen-bond donors (Lipinski definition) is 2. The molecule has 1 saturated carbocycles. The predicted molar refractivity (Wildman–Crippen MR) is 104 cm³/mol. The highest BCUT2D eigenvalue weighted by Crippen LogP contribution is 2.36. The highest BCUT2D eigenvalue weighted by atomic mass is 16.5. The number of carboxylic acid groups (broad SMARTS) is 1. The summed E-state index contributed by atoms with van der Waals surface area (Å²) in [6.45, 7) is 5.25. The molecule has 8 nitrogen and oxygen atoms in total. The number of aliphatic hydroxyl groups excluding tert-OH is 1. The minimum Gasteiger partial charge on any atom is -0.511 e. The number of ketones is 2. The van der Waals surface area contributed by atoms with Gasteiger partial charge in [0, 0.05) is 32.1 Å². The first kappa shape index (κ1) is 21.0. The van der Waals surface area contributed by atoms with Gasteiger partial charge < -0.3 is 14.7 Å². The van der Waals surface area contributed by atoms with E-state index in [2.05, 4.69) is 10.1 Å². The fraction of sp³-hybridized carbons (Fsp3) is 0.571. The molecule has 0 aromatic carbocycles. The molecule has 0 spiro atoms. The summed E-state index contributed by atoms with van der Waals surface area (Å²) < 4.78 is 5.26. The van der Waals surface area contributed by atoms with Gasteiger partial charge in [0.15, 0.2) is 11.6 Å². The summed E-state index contributed by atoms with van der Waals surface area (Å²) in [5, 5.41) is 23.8. The van der Waals surface area contributed by atoms with Crippen LogP contribution in [0.25, 0.3) is 0 Å². The lowest BCUT2D eigenvalue weighted by atomic mass is 9.73. The maximum atomic E-state index is 12.7. The van der Waals surface area contributed by atoms with Crippen molar-refractivity contribution in [2.45, 2.75) is 71.8 Å². The minimum absolute atomic E-state index is 0.0114. The molecule has 1 unspecified atom stereocenters. The summed E-state index contributed by atoms with van der Waals surface area (Å²) in [6.07, 6.45) is 2.83. The maximum Gasteiger partial charge on any atom is 0.328 e. The molecule has 0 radical (unpaired) electrons. The van der Waals surface area contributed by atoms with Gasteiger partial charge in [-0.2, -0.15) is 0 Å². The van der Waals surface area contributed by atoms with Gasteiger partial charge >= 0.3 is 5.97 Å². The minimum atomic E-state index is -1.10. The van der Waals surface area contributed by atoms with Gasteiger partial charge in [0.1, 0.15) is 17.6 Å². The van der Waals surface area contributed by atoms with Gasteiger partial charge in [0.25, 0.3) is 0 Å². The van der Waals surface area contributed by atoms with Gasteiger partial charge in [-0.15, -0.1) is 0 Å². The van der Waals surface area contributed by atoms with Crippen molar-refractivity contribution in [1.82, 2.24) is 5.16 Å². The molecule has 0 saturated heterocycles. The molecule has 1 atom stereocenters. The summed E-state index contributed by atoms with van der Waals surface area (Å²) in [5.74, 6) is -0.936. The van der Waals surface area contributed by atoms with E-state index in [0.29, 0.717) is 42.0 Å². The van der Waals surface area contributed by atoms with Crippen LogP contribution in [0.5, 0.6) is 0 Å². The van der Waals surface area contributed by atoms with Crippen molar-refractivity contribution < 1.29 is 29.1 Å². The highest BCUT2D eigenvalue weighted by Gasteiger charge is 2.37. The van der Waals surface area contributed by atoms with E-state index in [1.807, 2.05) is 13.8 Å². The Hall–Kier alpha value is -2.77. The molecule has 29 heavy (non-hydrogen) atoms. The molecule has 0 amide bonds. The smallest absolute Gasteiger partial charge is 0.328 e. The fourth-order valence-electron chi connectivity index (χ4n) is 3.93. The van der Waals surface area contributed by atoms with Crippen molar-refractivity contribution in [2.24, 2.45) is 10.4 Å². The normalized spacial score (nSPS) is 23.1. The monoisotopic (exact) mass is 402 g/mol. The first-order valence-corrected chi connectivity index (χ1v) is 9.85. The average Bonchev–Trinajstić information content (AvgIpc) is 3.02. The Morgan fingerprint density at radius 1 is 1.21 bits per heavy atom. The number of Topliss-reactive ketones (excluding diaryl/α,β-unsaturated/α-hetero) is 2. The molecule has 8 heteroatoms. The third-order valence-electron chi connectivity index (χ3n) is 5.37. The second kappa shape index (κ2) is 7.93. The summed E-state index contributed by atoms with van der Waals surface area (Å²) >= 11 is 0. The summed E-state index contributed by atoms with van der Waals surface area (Å²) in [6, 6.07) is -1.02. The number of fused-ring (bicyclic) bond motifs is 1. The van der Waals surface area contributed by atoms with Crippen molar-refractivity contribution in [3.8, 4) is 0 Å². The van der Waals surface area contributed by atoms with E-state index >= 15 is 0 Å². The van der Waals surface area contributed by atoms with Gasteiger partial charge in [-0.1, -0.05) is 19.0 Å². The Balaban J connectivity index is 1.88. The van der Waals surface area contributed by atoms with Crippen LogP contribution in [0.1, 0.15) is 74.7 Å². The lowest BCUT2D eigenvalue weighted by molar-refractivity contribution is -0.138. The molecule has 0 bridgehead atoms. The molecule has 1 heterocycles. The van der Waals surface area contributed by atoms with E-state index in [0.717, 1.165) is 6.42 Å². The van der Waals surface area contributed by atoms with Gasteiger partial charge in [-0.3, -0.25) is 14.6 Å². The Kier molecular flexibility index (Phi) is 5.73. The second-order valence-corrected chi connectivity index (χ2v) is 8.56. The van der Waals surface area contributed by atoms with Crippen LogP contribution in [-0.4, -0.2) is 44.7 Å². The molecule has 2 aliphatic carbocycles. The molecular formula is C21H26N2O6. The predicted octanol–water partition coefficient (Wildman–Crippen LogP) is 3.24. The van der Waals surface area contributed by atoms with Crippen LogP contribution in [0.3, 0.4) is 0 Å². The van der Waals surface area contributed by atoms with E-state index in [-0.39, 0.29) is 47.6 Å². The van der Waals surface area contributed by atoms with Crippen molar-refractivity contribution >= 4 is 23.2 Å². The van der Waals surface area contributed by atoms with Crippen LogP contribution in [0.4, 0.5) is 0 Å². The first-order chi connectivity index (χ1) is 13.6. The molecular weight excluding hydrogens is 376 g/mol. The number of allylic oxidation sites excluding steroid dienone is 2. The van der Waals surface area contributed by atoms with E-state index in [1.165, 1.54) is 6.92 Å². The number of carboxylic acids is 1. The lowest BCUT2D eigenvalue weighted by Crippen LogP contribution is -2.34. The largest absolute Gasteiger partial charge is 0.511 e. The number of nitrogens with zero attached hydrogens (tertiary/aromatic N) is 2. The SMILES string of the molecule is CC(N=C1CC(C)(C)CC(=O)C1=C(O)CCc1noc2c1C(=O)CCC2)C(=O)O. The van der Waals surface area contributed by atoms with Crippen LogP contribution in [-0.2, 0) is 22.4 Å². The van der Waals surface area contributed by atoms with Crippen molar-refractivity contribution in [3.05, 3.63) is 28.3 Å². The molecule has 0 aliphatic heterocycles. The fourth-order valence-corrected chi connectivity index (χ4v) is 3.93. The number of aliphatic imine (C=N–C) groups is 1. The molecule has 2 N–H and O–H groups in total. The third-order valence-corrected chi connectivity index (χ3v) is 5.37. The van der Waals surface area contributed by atoms with Crippen molar-refractivity contribution in [2.75, 3.05) is 0 Å². The van der Waals surface area contributed by atoms with Crippen LogP contribution in [0, 0.1) is 5.41 Å². The third kappa shape index (κ3) is 4.46. The zero-order valence-electron chi connectivity index (χ0n) is 16.9. The van der Waals surface area contributed by atoms with Crippen LogP contribution in [0.2, 0.25) is 0 Å². The number of aliphatic carboxylic acids is 1. The molecule has 2 aliphatic rings. The number of carbonyl (C=O) groups excluding carboxylic acids is 2. The first-order valence-electron chi connectivity index (χ1n) is 9.85.